The third kappa shape index (κ3) is 4.19. The molecule has 2 heterocycles. The van der Waals surface area contributed by atoms with Crippen LogP contribution in [0.5, 0.6) is 0 Å². The number of aryl methyl sites for hydroxylation is 1. The molecule has 0 atom stereocenters. The summed E-state index contributed by atoms with van der Waals surface area (Å²) in [6, 6.07) is 7.53. The zero-order valence-electron chi connectivity index (χ0n) is 13.2. The Labute approximate surface area is 136 Å². The largest absolute Gasteiger partial charge is 0.376 e. The van der Waals surface area contributed by atoms with Gasteiger partial charge >= 0.3 is 0 Å². The second-order valence-corrected chi connectivity index (χ2v) is 7.59. The molecule has 1 N–H and O–H groups in total. The summed E-state index contributed by atoms with van der Waals surface area (Å²) in [5.74, 6) is -0.00165. The fourth-order valence-electron chi connectivity index (χ4n) is 2.67. The smallest absolute Gasteiger partial charge is 0.215 e. The van der Waals surface area contributed by atoms with Crippen LogP contribution in [0.4, 0.5) is 0 Å². The highest BCUT2D eigenvalue weighted by Gasteiger charge is 2.16. The number of hydrogen-bond acceptors (Lipinski definition) is 4. The summed E-state index contributed by atoms with van der Waals surface area (Å²) in [5.41, 5.74) is 4.15. The van der Waals surface area contributed by atoms with Gasteiger partial charge in [-0.25, -0.2) is 13.1 Å². The summed E-state index contributed by atoms with van der Waals surface area (Å²) in [6.45, 7) is 4.13. The van der Waals surface area contributed by atoms with E-state index >= 15 is 0 Å². The van der Waals surface area contributed by atoms with Crippen LogP contribution in [-0.4, -0.2) is 31.3 Å². The molecular weight excluding hydrogens is 314 g/mol. The van der Waals surface area contributed by atoms with Crippen molar-refractivity contribution >= 4 is 10.0 Å². The van der Waals surface area contributed by atoms with Crippen LogP contribution in [-0.2, 0) is 40.1 Å². The van der Waals surface area contributed by atoms with Crippen LogP contribution in [0.25, 0.3) is 0 Å². The molecule has 0 amide bonds. The van der Waals surface area contributed by atoms with Gasteiger partial charge in [-0.05, 0) is 12.5 Å². The topological polar surface area (TPSA) is 73.2 Å². The average Bonchev–Trinajstić information content (AvgIpc) is 2.93. The molecule has 23 heavy (non-hydrogen) atoms. The van der Waals surface area contributed by atoms with Crippen LogP contribution in [0.3, 0.4) is 0 Å². The zero-order valence-corrected chi connectivity index (χ0v) is 14.0. The Morgan fingerprint density at radius 1 is 1.30 bits per heavy atom. The molecule has 0 fully saturated rings. The molecule has 1 aromatic carbocycles. The van der Waals surface area contributed by atoms with Gasteiger partial charge in [-0.15, -0.1) is 0 Å². The maximum Gasteiger partial charge on any atom is 0.215 e. The first-order valence-corrected chi connectivity index (χ1v) is 9.33. The van der Waals surface area contributed by atoms with Crippen LogP contribution < -0.4 is 4.72 Å². The normalized spacial score (nSPS) is 14.7. The van der Waals surface area contributed by atoms with E-state index in [1.807, 2.05) is 35.9 Å². The first-order chi connectivity index (χ1) is 11.0. The van der Waals surface area contributed by atoms with Crippen LogP contribution in [0.2, 0.25) is 0 Å². The molecule has 1 aliphatic heterocycles. The van der Waals surface area contributed by atoms with Crippen molar-refractivity contribution in [2.75, 3.05) is 13.2 Å². The highest BCUT2D eigenvalue weighted by molar-refractivity contribution is 7.88. The van der Waals surface area contributed by atoms with Gasteiger partial charge in [-0.1, -0.05) is 29.8 Å². The van der Waals surface area contributed by atoms with Crippen molar-refractivity contribution in [3.63, 3.8) is 0 Å². The van der Waals surface area contributed by atoms with E-state index < -0.39 is 10.0 Å². The summed E-state index contributed by atoms with van der Waals surface area (Å²) in [5, 5.41) is 4.31. The summed E-state index contributed by atoms with van der Waals surface area (Å²) >= 11 is 0. The Morgan fingerprint density at radius 2 is 2.09 bits per heavy atom. The average molecular weight is 335 g/mol. The Hall–Kier alpha value is -1.70. The maximum absolute atomic E-state index is 12.1. The van der Waals surface area contributed by atoms with Crippen molar-refractivity contribution in [1.82, 2.24) is 14.5 Å². The van der Waals surface area contributed by atoms with Gasteiger partial charge < -0.3 is 4.74 Å². The lowest BCUT2D eigenvalue weighted by Gasteiger charge is -2.15. The molecule has 1 aliphatic rings. The van der Waals surface area contributed by atoms with Crippen molar-refractivity contribution in [2.45, 2.75) is 32.2 Å². The molecule has 3 rings (SSSR count). The molecule has 0 radical (unpaired) electrons. The molecule has 6 nitrogen and oxygen atoms in total. The van der Waals surface area contributed by atoms with E-state index in [1.165, 1.54) is 0 Å². The lowest BCUT2D eigenvalue weighted by atomic mass is 10.2. The van der Waals surface area contributed by atoms with Gasteiger partial charge in [0.25, 0.3) is 0 Å². The number of ether oxygens (including phenoxy) is 1. The predicted octanol–water partition coefficient (Wildman–Crippen LogP) is 1.38. The van der Waals surface area contributed by atoms with Crippen LogP contribution in [0, 0.1) is 6.92 Å². The molecule has 0 spiro atoms. The van der Waals surface area contributed by atoms with Crippen molar-refractivity contribution in [1.29, 1.82) is 0 Å². The van der Waals surface area contributed by atoms with Crippen LogP contribution in [0.15, 0.2) is 30.5 Å². The minimum atomic E-state index is -3.34. The van der Waals surface area contributed by atoms with Gasteiger partial charge in [0.15, 0.2) is 0 Å². The van der Waals surface area contributed by atoms with E-state index in [2.05, 4.69) is 9.82 Å². The molecular formula is C16H21N3O3S. The van der Waals surface area contributed by atoms with Crippen LogP contribution in [0.1, 0.15) is 22.4 Å². The molecule has 0 bridgehead atoms. The van der Waals surface area contributed by atoms with Gasteiger partial charge in [-0.2, -0.15) is 5.10 Å². The first kappa shape index (κ1) is 16.2. The van der Waals surface area contributed by atoms with Gasteiger partial charge in [0.05, 0.1) is 31.7 Å². The molecule has 0 saturated carbocycles. The van der Waals surface area contributed by atoms with Gasteiger partial charge in [0, 0.05) is 24.2 Å². The van der Waals surface area contributed by atoms with E-state index in [-0.39, 0.29) is 5.75 Å². The van der Waals surface area contributed by atoms with Crippen LogP contribution >= 0.6 is 0 Å². The van der Waals surface area contributed by atoms with Crippen molar-refractivity contribution in [3.05, 3.63) is 52.8 Å². The Balaban J connectivity index is 1.55. The Bertz CT molecular complexity index is 766. The number of hydrogen-bond donors (Lipinski definition) is 1. The summed E-state index contributed by atoms with van der Waals surface area (Å²) in [7, 11) is -3.34. The molecule has 7 heteroatoms. The molecule has 124 valence electrons. The van der Waals surface area contributed by atoms with Gasteiger partial charge in [-0.3, -0.25) is 4.68 Å². The first-order valence-electron chi connectivity index (χ1n) is 7.68. The highest BCUT2D eigenvalue weighted by atomic mass is 32.2. The number of benzene rings is 1. The molecule has 0 aliphatic carbocycles. The second-order valence-electron chi connectivity index (χ2n) is 5.78. The third-order valence-electron chi connectivity index (χ3n) is 3.90. The third-order valence-corrected chi connectivity index (χ3v) is 5.26. The summed E-state index contributed by atoms with van der Waals surface area (Å²) in [4.78, 5) is 0. The number of nitrogens with zero attached hydrogens (tertiary/aromatic N) is 2. The number of fused-ring (bicyclic) bond motifs is 1. The summed E-state index contributed by atoms with van der Waals surface area (Å²) < 4.78 is 34.2. The van der Waals surface area contributed by atoms with Gasteiger partial charge in [0.2, 0.25) is 10.0 Å². The zero-order chi connectivity index (χ0) is 16.3. The number of aromatic nitrogens is 2. The fraction of sp³-hybridized carbons (Fsp3) is 0.438. The van der Waals surface area contributed by atoms with E-state index in [4.69, 9.17) is 4.74 Å². The molecule has 0 unspecified atom stereocenters. The predicted molar refractivity (Wildman–Crippen MR) is 87.4 cm³/mol. The number of nitrogens with one attached hydrogen (secondary N) is 1. The minimum Gasteiger partial charge on any atom is -0.376 e. The Morgan fingerprint density at radius 3 is 2.87 bits per heavy atom. The molecule has 2 aromatic rings. The van der Waals surface area contributed by atoms with E-state index in [0.29, 0.717) is 26.3 Å². The minimum absolute atomic E-state index is 0.00165. The number of sulfonamides is 1. The monoisotopic (exact) mass is 335 g/mol. The summed E-state index contributed by atoms with van der Waals surface area (Å²) in [6.07, 6.45) is 2.63. The van der Waals surface area contributed by atoms with Crippen molar-refractivity contribution < 1.29 is 13.2 Å². The molecule has 0 saturated heterocycles. The van der Waals surface area contributed by atoms with E-state index in [0.717, 1.165) is 28.8 Å². The van der Waals surface area contributed by atoms with Crippen molar-refractivity contribution in [2.24, 2.45) is 0 Å². The lowest BCUT2D eigenvalue weighted by molar-refractivity contribution is 0.109. The Kier molecular flexibility index (Phi) is 4.79. The quantitative estimate of drug-likeness (QED) is 0.866. The molecule has 1 aromatic heterocycles. The van der Waals surface area contributed by atoms with E-state index in [1.54, 1.807) is 6.20 Å². The number of rotatable bonds is 6. The standard InChI is InChI=1S/C16H21N3O3S/c1-13-2-4-14(5-3-13)12-23(20,21)18-7-8-19-16-6-9-22-11-15(16)10-17-19/h2-5,10,18H,6-9,11-12H2,1H3. The van der Waals surface area contributed by atoms with Gasteiger partial charge in [0.1, 0.15) is 0 Å². The van der Waals surface area contributed by atoms with E-state index in [9.17, 15) is 8.42 Å². The fourth-order valence-corrected chi connectivity index (χ4v) is 3.80. The second kappa shape index (κ2) is 6.82. The SMILES string of the molecule is Cc1ccc(CS(=O)(=O)NCCn2ncc3c2CCOC3)cc1. The highest BCUT2D eigenvalue weighted by Crippen LogP contribution is 2.15. The maximum atomic E-state index is 12.1. The lowest BCUT2D eigenvalue weighted by Crippen LogP contribution is -2.29. The van der Waals surface area contributed by atoms with Crippen molar-refractivity contribution in [3.8, 4) is 0 Å².